The van der Waals surface area contributed by atoms with Crippen molar-refractivity contribution in [2.45, 2.75) is 24.7 Å². The van der Waals surface area contributed by atoms with Crippen molar-refractivity contribution in [2.24, 2.45) is 0 Å². The van der Waals surface area contributed by atoms with Gasteiger partial charge in [-0.15, -0.1) is 0 Å². The number of rotatable bonds is 4. The molecule has 0 saturated carbocycles. The second-order valence-electron chi connectivity index (χ2n) is 6.07. The van der Waals surface area contributed by atoms with Crippen molar-refractivity contribution in [1.29, 1.82) is 0 Å². The standard InChI is InChI=1S/C19H18ClN3OS/c1-25-19-21-10-14-11-23(8-7-17(14)22-19)12-16-5-6-18(24-16)13-3-2-4-15(20)9-13/h2-6,9-10H,7-8,11-12H2,1H3. The molecule has 0 fully saturated rings. The van der Waals surface area contributed by atoms with Crippen molar-refractivity contribution in [3.63, 3.8) is 0 Å². The quantitative estimate of drug-likeness (QED) is 0.492. The fraction of sp³-hybridized carbons (Fsp3) is 0.263. The van der Waals surface area contributed by atoms with E-state index in [1.54, 1.807) is 11.8 Å². The van der Waals surface area contributed by atoms with Gasteiger partial charge in [-0.05, 0) is 30.5 Å². The van der Waals surface area contributed by atoms with E-state index in [0.29, 0.717) is 5.02 Å². The average molecular weight is 372 g/mol. The number of furan rings is 1. The summed E-state index contributed by atoms with van der Waals surface area (Å²) < 4.78 is 6.02. The molecule has 128 valence electrons. The van der Waals surface area contributed by atoms with E-state index in [2.05, 4.69) is 14.9 Å². The van der Waals surface area contributed by atoms with Crippen LogP contribution >= 0.6 is 23.4 Å². The maximum atomic E-state index is 6.06. The van der Waals surface area contributed by atoms with Crippen molar-refractivity contribution in [3.8, 4) is 11.3 Å². The molecule has 1 aromatic carbocycles. The summed E-state index contributed by atoms with van der Waals surface area (Å²) in [6.07, 6.45) is 4.92. The zero-order valence-corrected chi connectivity index (χ0v) is 15.5. The van der Waals surface area contributed by atoms with Gasteiger partial charge in [0.15, 0.2) is 5.16 Å². The van der Waals surface area contributed by atoms with E-state index in [1.165, 1.54) is 11.3 Å². The number of nitrogens with zero attached hydrogens (tertiary/aromatic N) is 3. The Morgan fingerprint density at radius 2 is 2.20 bits per heavy atom. The highest BCUT2D eigenvalue weighted by atomic mass is 35.5. The van der Waals surface area contributed by atoms with Gasteiger partial charge in [-0.2, -0.15) is 0 Å². The third-order valence-corrected chi connectivity index (χ3v) is 5.12. The fourth-order valence-electron chi connectivity index (χ4n) is 3.07. The Bertz CT molecular complexity index is 896. The lowest BCUT2D eigenvalue weighted by molar-refractivity contribution is 0.223. The number of fused-ring (bicyclic) bond motifs is 1. The molecule has 0 spiro atoms. The van der Waals surface area contributed by atoms with Crippen LogP contribution in [-0.4, -0.2) is 27.7 Å². The molecule has 0 bridgehead atoms. The summed E-state index contributed by atoms with van der Waals surface area (Å²) in [7, 11) is 0. The lowest BCUT2D eigenvalue weighted by Crippen LogP contribution is -2.30. The van der Waals surface area contributed by atoms with Crippen molar-refractivity contribution in [2.75, 3.05) is 12.8 Å². The van der Waals surface area contributed by atoms with Crippen molar-refractivity contribution < 1.29 is 4.42 Å². The smallest absolute Gasteiger partial charge is 0.187 e. The molecule has 0 atom stereocenters. The van der Waals surface area contributed by atoms with Crippen LogP contribution < -0.4 is 0 Å². The minimum Gasteiger partial charge on any atom is -0.460 e. The highest BCUT2D eigenvalue weighted by molar-refractivity contribution is 7.98. The summed E-state index contributed by atoms with van der Waals surface area (Å²) in [4.78, 5) is 11.4. The van der Waals surface area contributed by atoms with Crippen molar-refractivity contribution >= 4 is 23.4 Å². The lowest BCUT2D eigenvalue weighted by Gasteiger charge is -2.27. The van der Waals surface area contributed by atoms with E-state index in [-0.39, 0.29) is 0 Å². The highest BCUT2D eigenvalue weighted by Crippen LogP contribution is 2.26. The van der Waals surface area contributed by atoms with Crippen LogP contribution in [0.5, 0.6) is 0 Å². The zero-order chi connectivity index (χ0) is 17.2. The van der Waals surface area contributed by atoms with Crippen LogP contribution in [0.4, 0.5) is 0 Å². The summed E-state index contributed by atoms with van der Waals surface area (Å²) in [5.74, 6) is 1.81. The lowest BCUT2D eigenvalue weighted by atomic mass is 10.1. The van der Waals surface area contributed by atoms with Gasteiger partial charge in [0.2, 0.25) is 0 Å². The third kappa shape index (κ3) is 3.73. The minimum absolute atomic E-state index is 0.715. The summed E-state index contributed by atoms with van der Waals surface area (Å²) in [6.45, 7) is 2.62. The molecule has 0 aliphatic carbocycles. The first-order valence-electron chi connectivity index (χ1n) is 8.17. The first kappa shape index (κ1) is 16.6. The second-order valence-corrected chi connectivity index (χ2v) is 7.28. The van der Waals surface area contributed by atoms with E-state index < -0.39 is 0 Å². The molecule has 4 nitrogen and oxygen atoms in total. The number of hydrogen-bond donors (Lipinski definition) is 0. The monoisotopic (exact) mass is 371 g/mol. The molecule has 0 radical (unpaired) electrons. The molecular weight excluding hydrogens is 354 g/mol. The predicted octanol–water partition coefficient (Wildman–Crippen LogP) is 4.67. The molecule has 3 heterocycles. The Balaban J connectivity index is 1.46. The van der Waals surface area contributed by atoms with Crippen LogP contribution in [0.1, 0.15) is 17.0 Å². The van der Waals surface area contributed by atoms with Gasteiger partial charge in [-0.3, -0.25) is 4.90 Å². The topological polar surface area (TPSA) is 42.2 Å². The Hall–Kier alpha value is -1.82. The van der Waals surface area contributed by atoms with Crippen LogP contribution in [0.3, 0.4) is 0 Å². The Morgan fingerprint density at radius 1 is 1.28 bits per heavy atom. The average Bonchev–Trinajstić information content (AvgIpc) is 3.10. The van der Waals surface area contributed by atoms with E-state index in [9.17, 15) is 0 Å². The van der Waals surface area contributed by atoms with E-state index in [1.807, 2.05) is 48.9 Å². The molecule has 0 N–H and O–H groups in total. The molecule has 1 aliphatic heterocycles. The van der Waals surface area contributed by atoms with E-state index >= 15 is 0 Å². The summed E-state index contributed by atoms with van der Waals surface area (Å²) in [6, 6.07) is 11.8. The van der Waals surface area contributed by atoms with Gasteiger partial charge in [0.1, 0.15) is 11.5 Å². The molecule has 25 heavy (non-hydrogen) atoms. The number of hydrogen-bond acceptors (Lipinski definition) is 5. The summed E-state index contributed by atoms with van der Waals surface area (Å²) >= 11 is 7.65. The zero-order valence-electron chi connectivity index (χ0n) is 13.9. The third-order valence-electron chi connectivity index (χ3n) is 4.32. The molecule has 0 saturated heterocycles. The van der Waals surface area contributed by atoms with Crippen LogP contribution in [0, 0.1) is 0 Å². The SMILES string of the molecule is CSc1ncc2c(n1)CCN(Cc1ccc(-c3cccc(Cl)c3)o1)C2. The van der Waals surface area contributed by atoms with Gasteiger partial charge in [0, 0.05) is 41.9 Å². The summed E-state index contributed by atoms with van der Waals surface area (Å²) in [5.41, 5.74) is 3.39. The fourth-order valence-corrected chi connectivity index (χ4v) is 3.62. The first-order chi connectivity index (χ1) is 12.2. The number of aromatic nitrogens is 2. The molecule has 0 unspecified atom stereocenters. The van der Waals surface area contributed by atoms with Crippen LogP contribution in [0.15, 0.2) is 52.2 Å². The van der Waals surface area contributed by atoms with Gasteiger partial charge in [0.05, 0.1) is 12.2 Å². The molecule has 0 amide bonds. The van der Waals surface area contributed by atoms with Gasteiger partial charge in [-0.1, -0.05) is 35.5 Å². The minimum atomic E-state index is 0.715. The van der Waals surface area contributed by atoms with Crippen molar-refractivity contribution in [3.05, 3.63) is 64.6 Å². The molecule has 3 aromatic rings. The maximum absolute atomic E-state index is 6.06. The molecule has 1 aliphatic rings. The molecule has 2 aromatic heterocycles. The van der Waals surface area contributed by atoms with Gasteiger partial charge in [0.25, 0.3) is 0 Å². The van der Waals surface area contributed by atoms with Crippen LogP contribution in [0.2, 0.25) is 5.02 Å². The van der Waals surface area contributed by atoms with Crippen LogP contribution in [-0.2, 0) is 19.5 Å². The largest absolute Gasteiger partial charge is 0.460 e. The van der Waals surface area contributed by atoms with Gasteiger partial charge < -0.3 is 4.42 Å². The second kappa shape index (κ2) is 7.20. The predicted molar refractivity (Wildman–Crippen MR) is 101 cm³/mol. The van der Waals surface area contributed by atoms with Crippen molar-refractivity contribution in [1.82, 2.24) is 14.9 Å². The van der Waals surface area contributed by atoms with E-state index in [0.717, 1.165) is 48.3 Å². The van der Waals surface area contributed by atoms with E-state index in [4.69, 9.17) is 16.0 Å². The molecule has 6 heteroatoms. The van der Waals surface area contributed by atoms with Crippen LogP contribution in [0.25, 0.3) is 11.3 Å². The summed E-state index contributed by atoms with van der Waals surface area (Å²) in [5, 5.41) is 1.57. The number of benzene rings is 1. The number of thioether (sulfide) groups is 1. The van der Waals surface area contributed by atoms with Gasteiger partial charge in [-0.25, -0.2) is 9.97 Å². The normalized spacial score (nSPS) is 14.5. The maximum Gasteiger partial charge on any atom is 0.187 e. The van der Waals surface area contributed by atoms with Gasteiger partial charge >= 0.3 is 0 Å². The Kier molecular flexibility index (Phi) is 4.79. The Labute approximate surface area is 156 Å². The first-order valence-corrected chi connectivity index (χ1v) is 9.77. The number of halogens is 1. The highest BCUT2D eigenvalue weighted by Gasteiger charge is 2.19. The molecular formula is C19H18ClN3OS. The molecule has 4 rings (SSSR count). The Morgan fingerprint density at radius 3 is 3.04 bits per heavy atom.